The van der Waals surface area contributed by atoms with Gasteiger partial charge in [-0.05, 0) is 26.2 Å². The van der Waals surface area contributed by atoms with Gasteiger partial charge in [-0.3, -0.25) is 9.59 Å². The zero-order valence-corrected chi connectivity index (χ0v) is 12.4. The van der Waals surface area contributed by atoms with Gasteiger partial charge in [-0.25, -0.2) is 0 Å². The van der Waals surface area contributed by atoms with Gasteiger partial charge in [0.15, 0.2) is 0 Å². The highest BCUT2D eigenvalue weighted by Gasteiger charge is 2.25. The van der Waals surface area contributed by atoms with Crippen molar-refractivity contribution < 1.29 is 9.59 Å². The molecule has 5 nitrogen and oxygen atoms in total. The van der Waals surface area contributed by atoms with Crippen LogP contribution in [-0.4, -0.2) is 54.3 Å². The van der Waals surface area contributed by atoms with Gasteiger partial charge in [0.2, 0.25) is 11.8 Å². The summed E-state index contributed by atoms with van der Waals surface area (Å²) in [5.41, 5.74) is 5.71. The van der Waals surface area contributed by atoms with Crippen LogP contribution in [0.3, 0.4) is 0 Å². The first-order valence-corrected chi connectivity index (χ1v) is 7.20. The Hall–Kier alpha value is -1.10. The summed E-state index contributed by atoms with van der Waals surface area (Å²) in [6.45, 7) is 5.58. The van der Waals surface area contributed by atoms with Gasteiger partial charge in [0.05, 0.1) is 6.54 Å². The number of carbonyl (C=O) groups excluding carboxylic acids is 2. The Kier molecular flexibility index (Phi) is 6.28. The maximum absolute atomic E-state index is 12.3. The summed E-state index contributed by atoms with van der Waals surface area (Å²) in [4.78, 5) is 27.5. The second-order valence-electron chi connectivity index (χ2n) is 5.74. The lowest BCUT2D eigenvalue weighted by Gasteiger charge is -2.23. The minimum absolute atomic E-state index is 0.0186. The molecule has 2 amide bonds. The monoisotopic (exact) mass is 269 g/mol. The van der Waals surface area contributed by atoms with Crippen LogP contribution < -0.4 is 5.73 Å². The Labute approximate surface area is 116 Å². The molecule has 1 saturated heterocycles. The minimum atomic E-state index is -0.0186. The third-order valence-corrected chi connectivity index (χ3v) is 3.70. The summed E-state index contributed by atoms with van der Waals surface area (Å²) in [6, 6.07) is 0.190. The summed E-state index contributed by atoms with van der Waals surface area (Å²) in [6.07, 6.45) is 3.62. The molecule has 0 aromatic rings. The minimum Gasteiger partial charge on any atom is -0.344 e. The van der Waals surface area contributed by atoms with Gasteiger partial charge in [-0.2, -0.15) is 0 Å². The van der Waals surface area contributed by atoms with Crippen LogP contribution in [-0.2, 0) is 9.59 Å². The lowest BCUT2D eigenvalue weighted by atomic mass is 10.0. The first kappa shape index (κ1) is 16.0. The van der Waals surface area contributed by atoms with Gasteiger partial charge in [-0.15, -0.1) is 0 Å². The van der Waals surface area contributed by atoms with Crippen molar-refractivity contribution in [1.29, 1.82) is 0 Å². The molecule has 1 aliphatic rings. The molecule has 1 heterocycles. The number of likely N-dealkylation sites (N-methyl/N-ethyl adjacent to an activating group) is 1. The summed E-state index contributed by atoms with van der Waals surface area (Å²) < 4.78 is 0. The van der Waals surface area contributed by atoms with Crippen LogP contribution in [0, 0.1) is 5.92 Å². The van der Waals surface area contributed by atoms with E-state index in [0.717, 1.165) is 32.2 Å². The third-order valence-electron chi connectivity index (χ3n) is 3.70. The van der Waals surface area contributed by atoms with Crippen LogP contribution in [0.1, 0.15) is 39.5 Å². The predicted octanol–water partition coefficient (Wildman–Crippen LogP) is 0.831. The van der Waals surface area contributed by atoms with Gasteiger partial charge >= 0.3 is 0 Å². The van der Waals surface area contributed by atoms with Gasteiger partial charge in [0.25, 0.3) is 0 Å². The molecule has 0 aromatic heterocycles. The van der Waals surface area contributed by atoms with Crippen molar-refractivity contribution in [2.24, 2.45) is 11.7 Å². The Balaban J connectivity index is 2.44. The summed E-state index contributed by atoms with van der Waals surface area (Å²) >= 11 is 0. The first-order valence-electron chi connectivity index (χ1n) is 7.20. The van der Waals surface area contributed by atoms with E-state index in [-0.39, 0.29) is 30.3 Å². The van der Waals surface area contributed by atoms with Gasteiger partial charge in [0, 0.05) is 32.1 Å². The first-order chi connectivity index (χ1) is 8.91. The molecule has 2 N–H and O–H groups in total. The standard InChI is InChI=1S/C14H27N3O2/c1-11(6-4-7-12(2)15)14(19)17-9-5-8-16(3)13(18)10-17/h11-12H,4-10,15H2,1-3H3. The summed E-state index contributed by atoms with van der Waals surface area (Å²) in [7, 11) is 1.79. The summed E-state index contributed by atoms with van der Waals surface area (Å²) in [5, 5.41) is 0. The number of rotatable bonds is 5. The molecule has 0 bridgehead atoms. The van der Waals surface area contributed by atoms with E-state index in [1.54, 1.807) is 16.8 Å². The van der Waals surface area contributed by atoms with E-state index in [4.69, 9.17) is 5.73 Å². The molecule has 2 unspecified atom stereocenters. The predicted molar refractivity (Wildman–Crippen MR) is 75.5 cm³/mol. The van der Waals surface area contributed by atoms with E-state index in [2.05, 4.69) is 0 Å². The highest BCUT2D eigenvalue weighted by Crippen LogP contribution is 2.14. The van der Waals surface area contributed by atoms with Gasteiger partial charge in [-0.1, -0.05) is 13.3 Å². The molecule has 5 heteroatoms. The fourth-order valence-electron chi connectivity index (χ4n) is 2.36. The Morgan fingerprint density at radius 1 is 1.32 bits per heavy atom. The van der Waals surface area contributed by atoms with Crippen LogP contribution in [0.5, 0.6) is 0 Å². The number of hydrogen-bond acceptors (Lipinski definition) is 3. The molecule has 0 saturated carbocycles. The Morgan fingerprint density at radius 3 is 2.63 bits per heavy atom. The van der Waals surface area contributed by atoms with Crippen molar-refractivity contribution in [2.75, 3.05) is 26.7 Å². The average Bonchev–Trinajstić information content (AvgIpc) is 2.50. The molecule has 1 fully saturated rings. The van der Waals surface area contributed by atoms with Gasteiger partial charge < -0.3 is 15.5 Å². The molecule has 2 atom stereocenters. The van der Waals surface area contributed by atoms with Crippen molar-refractivity contribution in [3.63, 3.8) is 0 Å². The van der Waals surface area contributed by atoms with Crippen LogP contribution in [0.15, 0.2) is 0 Å². The smallest absolute Gasteiger partial charge is 0.241 e. The van der Waals surface area contributed by atoms with Gasteiger partial charge in [0.1, 0.15) is 0 Å². The normalized spacial score (nSPS) is 20.1. The fourth-order valence-corrected chi connectivity index (χ4v) is 2.36. The number of amides is 2. The molecular weight excluding hydrogens is 242 g/mol. The average molecular weight is 269 g/mol. The number of nitrogens with two attached hydrogens (primary N) is 1. The van der Waals surface area contributed by atoms with Crippen LogP contribution in [0.2, 0.25) is 0 Å². The SMILES string of the molecule is CC(N)CCCC(C)C(=O)N1CCCN(C)C(=O)C1. The molecule has 1 aliphatic heterocycles. The lowest BCUT2D eigenvalue weighted by Crippen LogP contribution is -2.40. The second-order valence-corrected chi connectivity index (χ2v) is 5.74. The van der Waals surface area contributed by atoms with E-state index >= 15 is 0 Å². The lowest BCUT2D eigenvalue weighted by molar-refractivity contribution is -0.140. The molecule has 1 rings (SSSR count). The zero-order chi connectivity index (χ0) is 14.4. The van der Waals surface area contributed by atoms with Crippen molar-refractivity contribution in [3.8, 4) is 0 Å². The maximum atomic E-state index is 12.3. The van der Waals surface area contributed by atoms with E-state index in [0.29, 0.717) is 6.54 Å². The zero-order valence-electron chi connectivity index (χ0n) is 12.4. The number of carbonyl (C=O) groups is 2. The highest BCUT2D eigenvalue weighted by molar-refractivity contribution is 5.86. The van der Waals surface area contributed by atoms with E-state index in [1.807, 2.05) is 13.8 Å². The molecular formula is C14H27N3O2. The van der Waals surface area contributed by atoms with Crippen LogP contribution in [0.4, 0.5) is 0 Å². The largest absolute Gasteiger partial charge is 0.344 e. The Bertz CT molecular complexity index is 318. The maximum Gasteiger partial charge on any atom is 0.241 e. The number of nitrogens with zero attached hydrogens (tertiary/aromatic N) is 2. The van der Waals surface area contributed by atoms with Crippen LogP contribution >= 0.6 is 0 Å². The molecule has 0 aromatic carbocycles. The molecule has 0 aliphatic carbocycles. The molecule has 0 spiro atoms. The summed E-state index contributed by atoms with van der Waals surface area (Å²) in [5.74, 6) is 0.122. The van der Waals surface area contributed by atoms with E-state index in [1.165, 1.54) is 0 Å². The third kappa shape index (κ3) is 5.19. The second kappa shape index (κ2) is 7.48. The fraction of sp³-hybridized carbons (Fsp3) is 0.857. The van der Waals surface area contributed by atoms with E-state index in [9.17, 15) is 9.59 Å². The van der Waals surface area contributed by atoms with Crippen molar-refractivity contribution in [3.05, 3.63) is 0 Å². The van der Waals surface area contributed by atoms with Crippen molar-refractivity contribution >= 4 is 11.8 Å². The van der Waals surface area contributed by atoms with Crippen LogP contribution in [0.25, 0.3) is 0 Å². The quantitative estimate of drug-likeness (QED) is 0.804. The van der Waals surface area contributed by atoms with Crippen molar-refractivity contribution in [1.82, 2.24) is 9.80 Å². The molecule has 0 radical (unpaired) electrons. The van der Waals surface area contributed by atoms with Crippen molar-refractivity contribution in [2.45, 2.75) is 45.6 Å². The topological polar surface area (TPSA) is 66.6 Å². The highest BCUT2D eigenvalue weighted by atomic mass is 16.2. The Morgan fingerprint density at radius 2 is 2.00 bits per heavy atom. The molecule has 110 valence electrons. The number of hydrogen-bond donors (Lipinski definition) is 1. The van der Waals surface area contributed by atoms with E-state index < -0.39 is 0 Å². The molecule has 19 heavy (non-hydrogen) atoms.